The van der Waals surface area contributed by atoms with Crippen LogP contribution in [0.25, 0.3) is 0 Å². The standard InChI is InChI=1S/C19H31NO/c1-4-9-20-19(13-17-7-10-21-11-8-17)14-18-12-15(2)5-6-16(18)3/h5-6,12,17,19-20H,4,7-11,13-14H2,1-3H3. The van der Waals surface area contributed by atoms with Gasteiger partial charge in [-0.25, -0.2) is 0 Å². The Kier molecular flexibility index (Phi) is 6.72. The Morgan fingerprint density at radius 2 is 2.00 bits per heavy atom. The fraction of sp³-hybridized carbons (Fsp3) is 0.684. The van der Waals surface area contributed by atoms with Crippen LogP contribution in [0, 0.1) is 19.8 Å². The molecule has 118 valence electrons. The van der Waals surface area contributed by atoms with Gasteiger partial charge in [0.15, 0.2) is 0 Å². The van der Waals surface area contributed by atoms with Gasteiger partial charge in [0.1, 0.15) is 0 Å². The van der Waals surface area contributed by atoms with Crippen molar-refractivity contribution in [3.63, 3.8) is 0 Å². The summed E-state index contributed by atoms with van der Waals surface area (Å²) in [7, 11) is 0. The molecule has 1 N–H and O–H groups in total. The monoisotopic (exact) mass is 289 g/mol. The first kappa shape index (κ1) is 16.5. The van der Waals surface area contributed by atoms with E-state index < -0.39 is 0 Å². The summed E-state index contributed by atoms with van der Waals surface area (Å²) >= 11 is 0. The van der Waals surface area contributed by atoms with Crippen molar-refractivity contribution in [1.82, 2.24) is 5.32 Å². The third-order valence-corrected chi connectivity index (χ3v) is 4.61. The van der Waals surface area contributed by atoms with Crippen LogP contribution in [0.4, 0.5) is 0 Å². The van der Waals surface area contributed by atoms with Crippen LogP contribution in [0.5, 0.6) is 0 Å². The topological polar surface area (TPSA) is 21.3 Å². The maximum Gasteiger partial charge on any atom is 0.0468 e. The summed E-state index contributed by atoms with van der Waals surface area (Å²) in [5, 5.41) is 3.77. The lowest BCUT2D eigenvalue weighted by Gasteiger charge is -2.28. The molecule has 1 aromatic carbocycles. The molecule has 2 rings (SSSR count). The van der Waals surface area contributed by atoms with E-state index in [1.165, 1.54) is 42.4 Å². The molecule has 21 heavy (non-hydrogen) atoms. The maximum atomic E-state index is 5.50. The van der Waals surface area contributed by atoms with Gasteiger partial charge < -0.3 is 10.1 Å². The van der Waals surface area contributed by atoms with E-state index in [0.717, 1.165) is 32.1 Å². The first-order valence-electron chi connectivity index (χ1n) is 8.56. The molecule has 1 unspecified atom stereocenters. The lowest BCUT2D eigenvalue weighted by Crippen LogP contribution is -2.35. The van der Waals surface area contributed by atoms with Gasteiger partial charge in [-0.15, -0.1) is 0 Å². The molecule has 0 amide bonds. The first-order chi connectivity index (χ1) is 10.2. The summed E-state index contributed by atoms with van der Waals surface area (Å²) in [6.45, 7) is 9.70. The Hall–Kier alpha value is -0.860. The van der Waals surface area contributed by atoms with Gasteiger partial charge in [-0.05, 0) is 69.5 Å². The van der Waals surface area contributed by atoms with E-state index in [-0.39, 0.29) is 0 Å². The van der Waals surface area contributed by atoms with E-state index in [0.29, 0.717) is 6.04 Å². The molecule has 1 fully saturated rings. The molecule has 1 heterocycles. The number of nitrogens with one attached hydrogen (secondary N) is 1. The fourth-order valence-electron chi connectivity index (χ4n) is 3.26. The number of rotatable bonds is 7. The Morgan fingerprint density at radius 1 is 1.24 bits per heavy atom. The van der Waals surface area contributed by atoms with Gasteiger partial charge in [-0.1, -0.05) is 30.7 Å². The zero-order valence-corrected chi connectivity index (χ0v) is 14.0. The zero-order chi connectivity index (χ0) is 15.1. The normalized spacial score (nSPS) is 17.9. The quantitative estimate of drug-likeness (QED) is 0.818. The molecule has 1 aliphatic rings. The molecule has 1 aliphatic heterocycles. The van der Waals surface area contributed by atoms with Crippen LogP contribution >= 0.6 is 0 Å². The van der Waals surface area contributed by atoms with Crippen LogP contribution in [-0.2, 0) is 11.2 Å². The minimum atomic E-state index is 0.605. The minimum absolute atomic E-state index is 0.605. The van der Waals surface area contributed by atoms with Crippen molar-refractivity contribution >= 4 is 0 Å². The van der Waals surface area contributed by atoms with Gasteiger partial charge in [-0.3, -0.25) is 0 Å². The molecule has 1 saturated heterocycles. The van der Waals surface area contributed by atoms with Gasteiger partial charge in [0.25, 0.3) is 0 Å². The third kappa shape index (κ3) is 5.44. The van der Waals surface area contributed by atoms with Crippen molar-refractivity contribution in [3.05, 3.63) is 34.9 Å². The molecule has 1 atom stereocenters. The second-order valence-electron chi connectivity index (χ2n) is 6.58. The van der Waals surface area contributed by atoms with Gasteiger partial charge in [0.2, 0.25) is 0 Å². The van der Waals surface area contributed by atoms with Crippen molar-refractivity contribution in [2.24, 2.45) is 5.92 Å². The van der Waals surface area contributed by atoms with Gasteiger partial charge in [0.05, 0.1) is 0 Å². The molecule has 0 spiro atoms. The van der Waals surface area contributed by atoms with Crippen LogP contribution in [-0.4, -0.2) is 25.8 Å². The van der Waals surface area contributed by atoms with Crippen molar-refractivity contribution in [1.29, 1.82) is 0 Å². The Labute approximate surface area is 130 Å². The van der Waals surface area contributed by atoms with Crippen molar-refractivity contribution in [2.45, 2.75) is 58.9 Å². The zero-order valence-electron chi connectivity index (χ0n) is 14.0. The van der Waals surface area contributed by atoms with Crippen LogP contribution in [0.15, 0.2) is 18.2 Å². The van der Waals surface area contributed by atoms with Gasteiger partial charge >= 0.3 is 0 Å². The van der Waals surface area contributed by atoms with E-state index in [2.05, 4.69) is 44.3 Å². The SMILES string of the molecule is CCCNC(Cc1cc(C)ccc1C)CC1CCOCC1. The Bertz CT molecular complexity index is 424. The largest absolute Gasteiger partial charge is 0.381 e. The number of hydrogen-bond donors (Lipinski definition) is 1. The van der Waals surface area contributed by atoms with E-state index >= 15 is 0 Å². The van der Waals surface area contributed by atoms with Crippen molar-refractivity contribution in [2.75, 3.05) is 19.8 Å². The van der Waals surface area contributed by atoms with E-state index in [9.17, 15) is 0 Å². The van der Waals surface area contributed by atoms with Crippen LogP contribution in [0.2, 0.25) is 0 Å². The molecule has 0 radical (unpaired) electrons. The predicted octanol–water partition coefficient (Wildman–Crippen LogP) is 4.03. The Morgan fingerprint density at radius 3 is 2.71 bits per heavy atom. The van der Waals surface area contributed by atoms with Gasteiger partial charge in [0, 0.05) is 19.3 Å². The molecule has 1 aromatic rings. The Balaban J connectivity index is 1.98. The smallest absolute Gasteiger partial charge is 0.0468 e. The van der Waals surface area contributed by atoms with E-state index in [4.69, 9.17) is 4.74 Å². The highest BCUT2D eigenvalue weighted by Crippen LogP contribution is 2.23. The summed E-state index contributed by atoms with van der Waals surface area (Å²) in [5.74, 6) is 0.832. The number of benzene rings is 1. The summed E-state index contributed by atoms with van der Waals surface area (Å²) < 4.78 is 5.50. The molecule has 2 nitrogen and oxygen atoms in total. The summed E-state index contributed by atoms with van der Waals surface area (Å²) in [6, 6.07) is 7.44. The average molecular weight is 289 g/mol. The minimum Gasteiger partial charge on any atom is -0.381 e. The molecule has 0 saturated carbocycles. The number of hydrogen-bond acceptors (Lipinski definition) is 2. The molecule has 0 aromatic heterocycles. The van der Waals surface area contributed by atoms with Gasteiger partial charge in [-0.2, -0.15) is 0 Å². The van der Waals surface area contributed by atoms with Crippen LogP contribution < -0.4 is 5.32 Å². The van der Waals surface area contributed by atoms with E-state index in [1.54, 1.807) is 0 Å². The summed E-state index contributed by atoms with van der Waals surface area (Å²) in [4.78, 5) is 0. The highest BCUT2D eigenvalue weighted by atomic mass is 16.5. The lowest BCUT2D eigenvalue weighted by molar-refractivity contribution is 0.0605. The van der Waals surface area contributed by atoms with Crippen molar-refractivity contribution in [3.8, 4) is 0 Å². The second kappa shape index (κ2) is 8.55. The maximum absolute atomic E-state index is 5.50. The molecular weight excluding hydrogens is 258 g/mol. The molecule has 2 heteroatoms. The number of ether oxygens (including phenoxy) is 1. The van der Waals surface area contributed by atoms with Crippen LogP contribution in [0.1, 0.15) is 49.3 Å². The fourth-order valence-corrected chi connectivity index (χ4v) is 3.26. The third-order valence-electron chi connectivity index (χ3n) is 4.61. The molecule has 0 aliphatic carbocycles. The average Bonchev–Trinajstić information content (AvgIpc) is 2.49. The number of aryl methyl sites for hydroxylation is 2. The highest BCUT2D eigenvalue weighted by Gasteiger charge is 2.19. The summed E-state index contributed by atoms with van der Waals surface area (Å²) in [6.07, 6.45) is 6.12. The van der Waals surface area contributed by atoms with E-state index in [1.807, 2.05) is 0 Å². The highest BCUT2D eigenvalue weighted by molar-refractivity contribution is 5.31. The van der Waals surface area contributed by atoms with Crippen LogP contribution in [0.3, 0.4) is 0 Å². The van der Waals surface area contributed by atoms with Crippen molar-refractivity contribution < 1.29 is 4.74 Å². The molecule has 0 bridgehead atoms. The first-order valence-corrected chi connectivity index (χ1v) is 8.56. The predicted molar refractivity (Wildman–Crippen MR) is 89.9 cm³/mol. The lowest BCUT2D eigenvalue weighted by atomic mass is 9.88. The second-order valence-corrected chi connectivity index (χ2v) is 6.58. The molecular formula is C19H31NO. The summed E-state index contributed by atoms with van der Waals surface area (Å²) in [5.41, 5.74) is 4.31.